The van der Waals surface area contributed by atoms with Crippen molar-refractivity contribution >= 4 is 29.2 Å². The maximum atomic E-state index is 9.18. The zero-order chi connectivity index (χ0) is 17.4. The molecule has 25 heavy (non-hydrogen) atoms. The minimum Gasteiger partial charge on any atom is -0.537 e. The Bertz CT molecular complexity index is 1070. The van der Waals surface area contributed by atoms with Gasteiger partial charge in [-0.25, -0.2) is 0 Å². The maximum Gasteiger partial charge on any atom is 0.569 e. The van der Waals surface area contributed by atoms with Crippen LogP contribution in [0.3, 0.4) is 0 Å². The Morgan fingerprint density at radius 3 is 2.24 bits per heavy atom. The van der Waals surface area contributed by atoms with E-state index in [4.69, 9.17) is 4.65 Å². The molecule has 3 heteroatoms. The van der Waals surface area contributed by atoms with Crippen LogP contribution >= 0.6 is 0 Å². The third kappa shape index (κ3) is 2.57. The highest BCUT2D eigenvalue weighted by molar-refractivity contribution is 6.21. The minimum absolute atomic E-state index is 0.657. The molecule has 0 heterocycles. The third-order valence-electron chi connectivity index (χ3n) is 4.78. The first-order chi connectivity index (χ1) is 12.2. The SMILES string of the molecule is Cc1cccc(C)c1-c1cc2ccccc2c2c(O[B]O)cccc12. The molecule has 0 spiro atoms. The molecule has 4 aromatic rings. The van der Waals surface area contributed by atoms with Crippen LogP contribution in [0, 0.1) is 13.8 Å². The molecule has 0 bridgehead atoms. The van der Waals surface area contributed by atoms with Crippen molar-refractivity contribution in [3.8, 4) is 16.9 Å². The van der Waals surface area contributed by atoms with Crippen LogP contribution < -0.4 is 4.65 Å². The predicted molar refractivity (Wildman–Crippen MR) is 105 cm³/mol. The van der Waals surface area contributed by atoms with Crippen molar-refractivity contribution < 1.29 is 9.68 Å². The fraction of sp³-hybridized carbons (Fsp3) is 0.0909. The van der Waals surface area contributed by atoms with Gasteiger partial charge in [-0.05, 0) is 64.4 Å². The number of benzene rings is 4. The fourth-order valence-electron chi connectivity index (χ4n) is 3.72. The second-order valence-electron chi connectivity index (χ2n) is 6.31. The van der Waals surface area contributed by atoms with Gasteiger partial charge in [0.05, 0.1) is 0 Å². The van der Waals surface area contributed by atoms with E-state index < -0.39 is 0 Å². The van der Waals surface area contributed by atoms with E-state index in [1.54, 1.807) is 0 Å². The largest absolute Gasteiger partial charge is 0.569 e. The number of rotatable bonds is 3. The molecule has 4 aromatic carbocycles. The van der Waals surface area contributed by atoms with Gasteiger partial charge in [0.15, 0.2) is 0 Å². The number of aryl methyl sites for hydroxylation is 2. The summed E-state index contributed by atoms with van der Waals surface area (Å²) in [5, 5.41) is 13.6. The maximum absolute atomic E-state index is 9.18. The number of hydrogen-bond acceptors (Lipinski definition) is 2. The smallest absolute Gasteiger partial charge is 0.537 e. The molecule has 0 atom stereocenters. The fourth-order valence-corrected chi connectivity index (χ4v) is 3.72. The first-order valence-electron chi connectivity index (χ1n) is 8.34. The molecule has 0 aliphatic carbocycles. The molecule has 0 aliphatic heterocycles. The summed E-state index contributed by atoms with van der Waals surface area (Å²) in [6, 6.07) is 22.9. The normalized spacial score (nSPS) is 11.0. The molecule has 1 radical (unpaired) electrons. The molecular weight excluding hydrogens is 307 g/mol. The van der Waals surface area contributed by atoms with Crippen LogP contribution in [0.5, 0.6) is 5.75 Å². The quantitative estimate of drug-likeness (QED) is 0.415. The summed E-state index contributed by atoms with van der Waals surface area (Å²) in [4.78, 5) is 0. The second-order valence-corrected chi connectivity index (χ2v) is 6.31. The Morgan fingerprint density at radius 2 is 1.48 bits per heavy atom. The van der Waals surface area contributed by atoms with Crippen LogP contribution in [0.1, 0.15) is 11.1 Å². The summed E-state index contributed by atoms with van der Waals surface area (Å²) in [5.41, 5.74) is 4.93. The highest BCUT2D eigenvalue weighted by Crippen LogP contribution is 2.41. The summed E-state index contributed by atoms with van der Waals surface area (Å²) in [7, 11) is 0.745. The van der Waals surface area contributed by atoms with Crippen LogP contribution in [0.4, 0.5) is 0 Å². The predicted octanol–water partition coefficient (Wildman–Crippen LogP) is 5.18. The lowest BCUT2D eigenvalue weighted by atomic mass is 9.89. The lowest BCUT2D eigenvalue weighted by molar-refractivity contribution is 0.457. The van der Waals surface area contributed by atoms with Crippen molar-refractivity contribution in [3.05, 3.63) is 77.9 Å². The van der Waals surface area contributed by atoms with Crippen molar-refractivity contribution in [2.24, 2.45) is 0 Å². The summed E-state index contributed by atoms with van der Waals surface area (Å²) in [5.74, 6) is 0.657. The summed E-state index contributed by atoms with van der Waals surface area (Å²) in [6.07, 6.45) is 0. The van der Waals surface area contributed by atoms with Crippen LogP contribution in [-0.2, 0) is 0 Å². The van der Waals surface area contributed by atoms with Gasteiger partial charge >= 0.3 is 7.69 Å². The molecule has 0 aliphatic rings. The lowest BCUT2D eigenvalue weighted by Gasteiger charge is -2.17. The van der Waals surface area contributed by atoms with Crippen molar-refractivity contribution in [1.82, 2.24) is 0 Å². The topological polar surface area (TPSA) is 29.5 Å². The highest BCUT2D eigenvalue weighted by Gasteiger charge is 2.15. The van der Waals surface area contributed by atoms with Gasteiger partial charge in [0.25, 0.3) is 0 Å². The Labute approximate surface area is 148 Å². The van der Waals surface area contributed by atoms with Gasteiger partial charge in [0.2, 0.25) is 0 Å². The average molecular weight is 325 g/mol. The van der Waals surface area contributed by atoms with Crippen molar-refractivity contribution in [1.29, 1.82) is 0 Å². The molecule has 1 N–H and O–H groups in total. The van der Waals surface area contributed by atoms with E-state index in [0.29, 0.717) is 5.75 Å². The first-order valence-corrected chi connectivity index (χ1v) is 8.34. The van der Waals surface area contributed by atoms with Crippen molar-refractivity contribution in [3.63, 3.8) is 0 Å². The van der Waals surface area contributed by atoms with E-state index >= 15 is 0 Å². The molecule has 2 nitrogen and oxygen atoms in total. The van der Waals surface area contributed by atoms with E-state index in [1.807, 2.05) is 24.3 Å². The van der Waals surface area contributed by atoms with Gasteiger partial charge in [-0.15, -0.1) is 0 Å². The Morgan fingerprint density at radius 1 is 0.800 bits per heavy atom. The standard InChI is InChI=1S/C22H18BO2/c1-14-7-5-8-15(2)21(14)19-13-16-9-3-4-10-17(16)22-18(19)11-6-12-20(22)25-23-24/h3-13,24H,1-2H3. The monoisotopic (exact) mass is 325 g/mol. The van der Waals surface area contributed by atoms with Gasteiger partial charge < -0.3 is 9.68 Å². The number of fused-ring (bicyclic) bond motifs is 3. The summed E-state index contributed by atoms with van der Waals surface area (Å²) >= 11 is 0. The van der Waals surface area contributed by atoms with E-state index in [1.165, 1.54) is 22.3 Å². The van der Waals surface area contributed by atoms with Crippen LogP contribution in [0.2, 0.25) is 0 Å². The van der Waals surface area contributed by atoms with Gasteiger partial charge in [-0.1, -0.05) is 54.6 Å². The molecule has 0 saturated heterocycles. The Balaban J connectivity index is 2.20. The highest BCUT2D eigenvalue weighted by atomic mass is 16.5. The molecule has 0 amide bonds. The molecule has 0 fully saturated rings. The van der Waals surface area contributed by atoms with Crippen LogP contribution in [0.15, 0.2) is 66.7 Å². The first kappa shape index (κ1) is 15.7. The third-order valence-corrected chi connectivity index (χ3v) is 4.78. The van der Waals surface area contributed by atoms with Gasteiger partial charge in [-0.3, -0.25) is 0 Å². The van der Waals surface area contributed by atoms with E-state index in [9.17, 15) is 5.02 Å². The second kappa shape index (κ2) is 6.27. The van der Waals surface area contributed by atoms with Crippen LogP contribution in [0.25, 0.3) is 32.7 Å². The van der Waals surface area contributed by atoms with Gasteiger partial charge in [0, 0.05) is 5.39 Å². The number of hydrogen-bond donors (Lipinski definition) is 1. The Hall–Kier alpha value is -2.78. The molecule has 0 aromatic heterocycles. The van der Waals surface area contributed by atoms with E-state index in [0.717, 1.165) is 29.2 Å². The molecule has 121 valence electrons. The van der Waals surface area contributed by atoms with Gasteiger partial charge in [0.1, 0.15) is 5.75 Å². The average Bonchev–Trinajstić information content (AvgIpc) is 2.62. The zero-order valence-electron chi connectivity index (χ0n) is 14.3. The van der Waals surface area contributed by atoms with Crippen molar-refractivity contribution in [2.75, 3.05) is 0 Å². The summed E-state index contributed by atoms with van der Waals surface area (Å²) in [6.45, 7) is 4.29. The zero-order valence-corrected chi connectivity index (χ0v) is 14.3. The van der Waals surface area contributed by atoms with Crippen molar-refractivity contribution in [2.45, 2.75) is 13.8 Å². The lowest BCUT2D eigenvalue weighted by Crippen LogP contribution is -2.01. The Kier molecular flexibility index (Phi) is 3.94. The van der Waals surface area contributed by atoms with E-state index in [-0.39, 0.29) is 0 Å². The van der Waals surface area contributed by atoms with Gasteiger partial charge in [-0.2, -0.15) is 0 Å². The molecule has 4 rings (SSSR count). The minimum atomic E-state index is 0.657. The van der Waals surface area contributed by atoms with E-state index in [2.05, 4.69) is 56.3 Å². The molecule has 0 saturated carbocycles. The van der Waals surface area contributed by atoms with Crippen LogP contribution in [-0.4, -0.2) is 12.7 Å². The summed E-state index contributed by atoms with van der Waals surface area (Å²) < 4.78 is 5.41. The molecule has 0 unspecified atom stereocenters. The molecular formula is C22H18BO2.